The zero-order valence-electron chi connectivity index (χ0n) is 16.9. The second kappa shape index (κ2) is 6.80. The number of allylic oxidation sites excluding steroid dienone is 1. The number of hydrogen-bond donors (Lipinski definition) is 1. The van der Waals surface area contributed by atoms with E-state index in [-0.39, 0.29) is 22.9 Å². The van der Waals surface area contributed by atoms with Crippen LogP contribution in [0, 0.1) is 36.3 Å². The third kappa shape index (κ3) is 3.00. The van der Waals surface area contributed by atoms with E-state index in [4.69, 9.17) is 10.2 Å². The quantitative estimate of drug-likeness (QED) is 0.474. The van der Waals surface area contributed by atoms with Crippen molar-refractivity contribution in [1.82, 2.24) is 9.63 Å². The maximum atomic E-state index is 12.5. The SMILES string of the molecule is CC1=CC2=NC(=O)/C(=C\c3cc(C)n(-c4cc([N+](=O)[O-])ccc4C)c3C)C(=N)N2O1. The van der Waals surface area contributed by atoms with Gasteiger partial charge in [-0.1, -0.05) is 6.07 Å². The van der Waals surface area contributed by atoms with E-state index >= 15 is 0 Å². The zero-order chi connectivity index (χ0) is 21.7. The van der Waals surface area contributed by atoms with E-state index in [1.807, 2.05) is 31.4 Å². The average molecular weight is 405 g/mol. The Morgan fingerprint density at radius 2 is 1.93 bits per heavy atom. The third-order valence-electron chi connectivity index (χ3n) is 5.09. The molecule has 2 aliphatic heterocycles. The van der Waals surface area contributed by atoms with Gasteiger partial charge in [-0.2, -0.15) is 4.99 Å². The lowest BCUT2D eigenvalue weighted by molar-refractivity contribution is -0.384. The third-order valence-corrected chi connectivity index (χ3v) is 5.09. The highest BCUT2D eigenvalue weighted by atomic mass is 16.7. The van der Waals surface area contributed by atoms with Crippen molar-refractivity contribution >= 4 is 29.3 Å². The molecule has 0 unspecified atom stereocenters. The largest absolute Gasteiger partial charge is 0.376 e. The molecule has 1 amide bonds. The van der Waals surface area contributed by atoms with Crippen LogP contribution in [0.1, 0.15) is 29.4 Å². The summed E-state index contributed by atoms with van der Waals surface area (Å²) in [5, 5.41) is 20.8. The first kappa shape index (κ1) is 19.3. The smallest absolute Gasteiger partial charge is 0.282 e. The number of non-ortho nitro benzene ring substituents is 1. The second-order valence-electron chi connectivity index (χ2n) is 7.21. The topological polar surface area (TPSA) is 114 Å². The Balaban J connectivity index is 1.79. The lowest BCUT2D eigenvalue weighted by Gasteiger charge is -2.23. The Kier molecular flexibility index (Phi) is 4.38. The average Bonchev–Trinajstić information content (AvgIpc) is 3.18. The van der Waals surface area contributed by atoms with Gasteiger partial charge in [-0.25, -0.2) is 0 Å². The number of amidine groups is 2. The fourth-order valence-electron chi connectivity index (χ4n) is 3.61. The van der Waals surface area contributed by atoms with Crippen LogP contribution in [-0.4, -0.2) is 32.1 Å². The molecular formula is C21H19N5O4. The molecule has 30 heavy (non-hydrogen) atoms. The van der Waals surface area contributed by atoms with Gasteiger partial charge in [0.05, 0.1) is 16.2 Å². The summed E-state index contributed by atoms with van der Waals surface area (Å²) in [5.41, 5.74) is 4.03. The maximum Gasteiger partial charge on any atom is 0.282 e. The van der Waals surface area contributed by atoms with E-state index in [0.717, 1.165) is 17.0 Å². The Labute approximate surface area is 172 Å². The molecule has 9 heteroatoms. The van der Waals surface area contributed by atoms with Crippen molar-refractivity contribution in [3.63, 3.8) is 0 Å². The molecule has 152 valence electrons. The number of aromatic nitrogens is 1. The Bertz CT molecular complexity index is 1230. The number of aryl methyl sites for hydroxylation is 2. The zero-order valence-corrected chi connectivity index (χ0v) is 16.9. The van der Waals surface area contributed by atoms with Gasteiger partial charge in [0.1, 0.15) is 5.76 Å². The molecule has 0 aliphatic carbocycles. The van der Waals surface area contributed by atoms with E-state index in [1.54, 1.807) is 25.1 Å². The normalized spacial score (nSPS) is 17.1. The van der Waals surface area contributed by atoms with Crippen molar-refractivity contribution in [3.05, 3.63) is 74.3 Å². The molecule has 3 heterocycles. The molecule has 1 aromatic carbocycles. The van der Waals surface area contributed by atoms with Crippen molar-refractivity contribution < 1.29 is 14.6 Å². The van der Waals surface area contributed by atoms with Crippen LogP contribution in [0.15, 0.2) is 46.7 Å². The summed E-state index contributed by atoms with van der Waals surface area (Å²) < 4.78 is 1.90. The maximum absolute atomic E-state index is 12.5. The van der Waals surface area contributed by atoms with Gasteiger partial charge in [0.25, 0.3) is 11.6 Å². The molecule has 9 nitrogen and oxygen atoms in total. The van der Waals surface area contributed by atoms with Crippen LogP contribution in [0.2, 0.25) is 0 Å². The highest BCUT2D eigenvalue weighted by Gasteiger charge is 2.34. The molecule has 1 aromatic heterocycles. The fourth-order valence-corrected chi connectivity index (χ4v) is 3.61. The molecule has 4 rings (SSSR count). The van der Waals surface area contributed by atoms with Crippen molar-refractivity contribution in [3.8, 4) is 5.69 Å². The van der Waals surface area contributed by atoms with Gasteiger partial charge in [-0.3, -0.25) is 20.3 Å². The second-order valence-corrected chi connectivity index (χ2v) is 7.21. The Morgan fingerprint density at radius 3 is 2.63 bits per heavy atom. The van der Waals surface area contributed by atoms with Crippen LogP contribution in [0.5, 0.6) is 0 Å². The Morgan fingerprint density at radius 1 is 1.20 bits per heavy atom. The number of nitro benzene ring substituents is 1. The van der Waals surface area contributed by atoms with E-state index in [1.165, 1.54) is 17.2 Å². The van der Waals surface area contributed by atoms with Gasteiger partial charge in [-0.15, -0.1) is 5.06 Å². The lowest BCUT2D eigenvalue weighted by Crippen LogP contribution is -2.38. The highest BCUT2D eigenvalue weighted by Crippen LogP contribution is 2.29. The number of nitro groups is 1. The number of carbonyl (C=O) groups is 1. The number of fused-ring (bicyclic) bond motifs is 1. The minimum absolute atomic E-state index is 0.00293. The standard InChI is InChI=1S/C21H19N5O4/c1-11-5-6-16(26(28)29)10-18(11)24-12(2)7-15(14(24)4)9-17-20(22)25-19(23-21(17)27)8-13(3)30-25/h5-10,22H,1-4H3/b17-9-,22-20?. The number of hydroxylamine groups is 2. The lowest BCUT2D eigenvalue weighted by atomic mass is 10.1. The molecule has 1 N–H and O–H groups in total. The Hall–Kier alpha value is -4.01. The van der Waals surface area contributed by atoms with Crippen molar-refractivity contribution in [1.29, 1.82) is 5.41 Å². The molecule has 0 saturated heterocycles. The number of nitrogens with zero attached hydrogens (tertiary/aromatic N) is 4. The number of rotatable bonds is 3. The summed E-state index contributed by atoms with van der Waals surface area (Å²) in [4.78, 5) is 32.7. The molecule has 0 radical (unpaired) electrons. The monoisotopic (exact) mass is 405 g/mol. The van der Waals surface area contributed by atoms with Crippen LogP contribution in [0.3, 0.4) is 0 Å². The van der Waals surface area contributed by atoms with Crippen LogP contribution < -0.4 is 0 Å². The molecule has 0 spiro atoms. The number of nitrogens with one attached hydrogen (secondary N) is 1. The number of amides is 1. The van der Waals surface area contributed by atoms with E-state index in [0.29, 0.717) is 17.0 Å². The van der Waals surface area contributed by atoms with Crippen molar-refractivity contribution in [2.75, 3.05) is 0 Å². The molecular weight excluding hydrogens is 386 g/mol. The van der Waals surface area contributed by atoms with Crippen molar-refractivity contribution in [2.45, 2.75) is 27.7 Å². The van der Waals surface area contributed by atoms with Crippen molar-refractivity contribution in [2.24, 2.45) is 4.99 Å². The fraction of sp³-hybridized carbons (Fsp3) is 0.190. The molecule has 2 aliphatic rings. The summed E-state index contributed by atoms with van der Waals surface area (Å²) >= 11 is 0. The molecule has 0 saturated carbocycles. The molecule has 0 atom stereocenters. The number of hydrogen-bond acceptors (Lipinski definition) is 5. The summed E-state index contributed by atoms with van der Waals surface area (Å²) in [6, 6.07) is 6.58. The highest BCUT2D eigenvalue weighted by molar-refractivity contribution is 6.32. The summed E-state index contributed by atoms with van der Waals surface area (Å²) in [6.07, 6.45) is 3.20. The first-order valence-electron chi connectivity index (χ1n) is 9.21. The summed E-state index contributed by atoms with van der Waals surface area (Å²) in [5.74, 6) is 0.232. The molecule has 0 fully saturated rings. The van der Waals surface area contributed by atoms with Crippen LogP contribution in [-0.2, 0) is 9.63 Å². The summed E-state index contributed by atoms with van der Waals surface area (Å²) in [7, 11) is 0. The van der Waals surface area contributed by atoms with E-state index in [9.17, 15) is 14.9 Å². The molecule has 2 aromatic rings. The van der Waals surface area contributed by atoms with E-state index in [2.05, 4.69) is 4.99 Å². The number of carbonyl (C=O) groups excluding carboxylic acids is 1. The van der Waals surface area contributed by atoms with Gasteiger partial charge in [0.2, 0.25) is 0 Å². The minimum atomic E-state index is -0.517. The van der Waals surface area contributed by atoms with Crippen LogP contribution in [0.4, 0.5) is 5.69 Å². The molecule has 0 bridgehead atoms. The number of aliphatic imine (C=N–C) groups is 1. The summed E-state index contributed by atoms with van der Waals surface area (Å²) in [6.45, 7) is 7.35. The van der Waals surface area contributed by atoms with Crippen LogP contribution in [0.25, 0.3) is 11.8 Å². The van der Waals surface area contributed by atoms with Gasteiger partial charge < -0.3 is 9.40 Å². The predicted molar refractivity (Wildman–Crippen MR) is 111 cm³/mol. The van der Waals surface area contributed by atoms with E-state index < -0.39 is 10.8 Å². The van der Waals surface area contributed by atoms with Gasteiger partial charge in [-0.05, 0) is 51.0 Å². The minimum Gasteiger partial charge on any atom is -0.376 e. The first-order chi connectivity index (χ1) is 14.2. The van der Waals surface area contributed by atoms with Gasteiger partial charge in [0.15, 0.2) is 11.7 Å². The van der Waals surface area contributed by atoms with Gasteiger partial charge >= 0.3 is 0 Å². The number of benzene rings is 1. The van der Waals surface area contributed by atoms with Gasteiger partial charge in [0, 0.05) is 29.6 Å². The van der Waals surface area contributed by atoms with Crippen LogP contribution >= 0.6 is 0 Å². The first-order valence-corrected chi connectivity index (χ1v) is 9.21. The predicted octanol–water partition coefficient (Wildman–Crippen LogP) is 3.76.